The van der Waals surface area contributed by atoms with E-state index in [1.54, 1.807) is 0 Å². The van der Waals surface area contributed by atoms with Crippen molar-refractivity contribution in [2.75, 3.05) is 0 Å². The van der Waals surface area contributed by atoms with Crippen molar-refractivity contribution in [3.8, 4) is 0 Å². The standard InChI is InChI=1S/C21H17N/c1-2-17(21-14-16-9-4-6-13-20(16)22-21)19-12-7-10-15-8-3-5-11-18(15)19/h2-14,22H,1H3/b17-2+. The van der Waals surface area contributed by atoms with Gasteiger partial charge >= 0.3 is 0 Å². The van der Waals surface area contributed by atoms with Crippen LogP contribution in [0, 0.1) is 0 Å². The number of hydrogen-bond donors (Lipinski definition) is 1. The lowest BCUT2D eigenvalue weighted by atomic mass is 9.96. The molecule has 22 heavy (non-hydrogen) atoms. The highest BCUT2D eigenvalue weighted by Crippen LogP contribution is 2.31. The molecule has 4 rings (SSSR count). The number of aromatic amines is 1. The number of hydrogen-bond acceptors (Lipinski definition) is 0. The van der Waals surface area contributed by atoms with Gasteiger partial charge in [0.25, 0.3) is 0 Å². The zero-order valence-corrected chi connectivity index (χ0v) is 12.5. The van der Waals surface area contributed by atoms with Crippen LogP contribution < -0.4 is 0 Å². The van der Waals surface area contributed by atoms with Gasteiger partial charge in [-0.3, -0.25) is 0 Å². The monoisotopic (exact) mass is 283 g/mol. The van der Waals surface area contributed by atoms with E-state index in [2.05, 4.69) is 90.8 Å². The quantitative estimate of drug-likeness (QED) is 0.480. The summed E-state index contributed by atoms with van der Waals surface area (Å²) in [7, 11) is 0. The molecule has 0 fully saturated rings. The van der Waals surface area contributed by atoms with Gasteiger partial charge in [-0.05, 0) is 35.4 Å². The first kappa shape index (κ1) is 12.9. The Hall–Kier alpha value is -2.80. The van der Waals surface area contributed by atoms with Gasteiger partial charge in [0.1, 0.15) is 0 Å². The van der Waals surface area contributed by atoms with Crippen LogP contribution in [-0.4, -0.2) is 4.98 Å². The minimum Gasteiger partial charge on any atom is -0.355 e. The number of fused-ring (bicyclic) bond motifs is 2. The first-order chi connectivity index (χ1) is 10.9. The molecule has 106 valence electrons. The van der Waals surface area contributed by atoms with E-state index in [0.717, 1.165) is 0 Å². The van der Waals surface area contributed by atoms with Crippen LogP contribution in [0.3, 0.4) is 0 Å². The molecule has 0 amide bonds. The van der Waals surface area contributed by atoms with Crippen LogP contribution in [0.2, 0.25) is 0 Å². The maximum absolute atomic E-state index is 3.54. The molecule has 1 aromatic heterocycles. The molecule has 0 spiro atoms. The summed E-state index contributed by atoms with van der Waals surface area (Å²) >= 11 is 0. The van der Waals surface area contributed by atoms with E-state index >= 15 is 0 Å². The molecule has 1 nitrogen and oxygen atoms in total. The smallest absolute Gasteiger partial charge is 0.0467 e. The molecular weight excluding hydrogens is 266 g/mol. The molecule has 4 aromatic rings. The molecule has 0 unspecified atom stereocenters. The number of allylic oxidation sites excluding steroid dienone is 1. The van der Waals surface area contributed by atoms with Crippen LogP contribution in [0.5, 0.6) is 0 Å². The molecule has 0 radical (unpaired) electrons. The van der Waals surface area contributed by atoms with Crippen LogP contribution in [-0.2, 0) is 0 Å². The fraction of sp³-hybridized carbons (Fsp3) is 0.0476. The first-order valence-corrected chi connectivity index (χ1v) is 7.59. The van der Waals surface area contributed by atoms with Crippen LogP contribution >= 0.6 is 0 Å². The Bertz CT molecular complexity index is 951. The topological polar surface area (TPSA) is 15.8 Å². The van der Waals surface area contributed by atoms with Gasteiger partial charge in [-0.25, -0.2) is 0 Å². The van der Waals surface area contributed by atoms with E-state index in [0.29, 0.717) is 0 Å². The van der Waals surface area contributed by atoms with Crippen molar-refractivity contribution in [3.63, 3.8) is 0 Å². The lowest BCUT2D eigenvalue weighted by Gasteiger charge is -2.09. The molecule has 0 aliphatic carbocycles. The van der Waals surface area contributed by atoms with Crippen LogP contribution in [0.4, 0.5) is 0 Å². The Morgan fingerprint density at radius 2 is 1.55 bits per heavy atom. The molecule has 0 aliphatic rings. The average molecular weight is 283 g/mol. The molecule has 0 saturated carbocycles. The van der Waals surface area contributed by atoms with Gasteiger partial charge in [0.2, 0.25) is 0 Å². The number of para-hydroxylation sites is 1. The highest BCUT2D eigenvalue weighted by atomic mass is 14.7. The Kier molecular flexibility index (Phi) is 3.05. The third-order valence-electron chi connectivity index (χ3n) is 4.19. The van der Waals surface area contributed by atoms with Crippen LogP contribution in [0.1, 0.15) is 18.2 Å². The van der Waals surface area contributed by atoms with E-state index in [4.69, 9.17) is 0 Å². The maximum Gasteiger partial charge on any atom is 0.0467 e. The number of rotatable bonds is 2. The molecule has 1 N–H and O–H groups in total. The second-order valence-electron chi connectivity index (χ2n) is 5.50. The van der Waals surface area contributed by atoms with Gasteiger partial charge in [-0.15, -0.1) is 0 Å². The first-order valence-electron chi connectivity index (χ1n) is 7.59. The van der Waals surface area contributed by atoms with Gasteiger partial charge < -0.3 is 4.98 Å². The molecule has 0 saturated heterocycles. The lowest BCUT2D eigenvalue weighted by Crippen LogP contribution is -1.89. The van der Waals surface area contributed by atoms with Gasteiger partial charge in [0.15, 0.2) is 0 Å². The maximum atomic E-state index is 3.54. The molecule has 0 bridgehead atoms. The molecule has 0 atom stereocenters. The second-order valence-corrected chi connectivity index (χ2v) is 5.50. The third kappa shape index (κ3) is 2.03. The Morgan fingerprint density at radius 3 is 2.36 bits per heavy atom. The highest BCUT2D eigenvalue weighted by Gasteiger charge is 2.10. The zero-order chi connectivity index (χ0) is 14.9. The van der Waals surface area contributed by atoms with Gasteiger partial charge in [-0.1, -0.05) is 66.7 Å². The second kappa shape index (κ2) is 5.19. The van der Waals surface area contributed by atoms with Crippen molar-refractivity contribution in [2.45, 2.75) is 6.92 Å². The summed E-state index contributed by atoms with van der Waals surface area (Å²) in [5.74, 6) is 0. The van der Waals surface area contributed by atoms with E-state index in [9.17, 15) is 0 Å². The van der Waals surface area contributed by atoms with Crippen molar-refractivity contribution in [3.05, 3.63) is 90.1 Å². The minimum atomic E-state index is 1.17. The SMILES string of the molecule is C/C=C(/c1cc2ccccc2[nH]1)c1cccc2ccccc12. The number of H-pyrrole nitrogens is 1. The van der Waals surface area contributed by atoms with E-state index < -0.39 is 0 Å². The molecular formula is C21H17N. The van der Waals surface area contributed by atoms with Crippen molar-refractivity contribution in [1.82, 2.24) is 4.98 Å². The van der Waals surface area contributed by atoms with Gasteiger partial charge in [0, 0.05) is 22.2 Å². The van der Waals surface area contributed by atoms with Gasteiger partial charge in [0.05, 0.1) is 0 Å². The molecule has 3 aromatic carbocycles. The van der Waals surface area contributed by atoms with Crippen molar-refractivity contribution in [1.29, 1.82) is 0 Å². The Morgan fingerprint density at radius 1 is 0.818 bits per heavy atom. The molecule has 1 heterocycles. The van der Waals surface area contributed by atoms with E-state index in [-0.39, 0.29) is 0 Å². The highest BCUT2D eigenvalue weighted by molar-refractivity contribution is 5.98. The van der Waals surface area contributed by atoms with E-state index in [1.807, 2.05) is 0 Å². The van der Waals surface area contributed by atoms with Crippen molar-refractivity contribution < 1.29 is 0 Å². The summed E-state index contributed by atoms with van der Waals surface area (Å²) in [6.07, 6.45) is 2.19. The summed E-state index contributed by atoms with van der Waals surface area (Å²) in [5, 5.41) is 3.81. The summed E-state index contributed by atoms with van der Waals surface area (Å²) < 4.78 is 0. The summed E-state index contributed by atoms with van der Waals surface area (Å²) in [5.41, 5.74) is 4.86. The van der Waals surface area contributed by atoms with Crippen LogP contribution in [0.15, 0.2) is 78.9 Å². The summed E-state index contributed by atoms with van der Waals surface area (Å²) in [6, 6.07) is 25.7. The zero-order valence-electron chi connectivity index (χ0n) is 12.5. The van der Waals surface area contributed by atoms with Gasteiger partial charge in [-0.2, -0.15) is 0 Å². The van der Waals surface area contributed by atoms with E-state index in [1.165, 1.54) is 38.5 Å². The van der Waals surface area contributed by atoms with Crippen molar-refractivity contribution >= 4 is 27.2 Å². The number of nitrogens with one attached hydrogen (secondary N) is 1. The van der Waals surface area contributed by atoms with Crippen molar-refractivity contribution in [2.24, 2.45) is 0 Å². The number of benzene rings is 3. The lowest BCUT2D eigenvalue weighted by molar-refractivity contribution is 1.39. The Labute approximate surface area is 129 Å². The summed E-state index contributed by atoms with van der Waals surface area (Å²) in [6.45, 7) is 2.10. The fourth-order valence-electron chi connectivity index (χ4n) is 3.13. The minimum absolute atomic E-state index is 1.17. The largest absolute Gasteiger partial charge is 0.355 e. The molecule has 0 aliphatic heterocycles. The predicted octanol–water partition coefficient (Wildman–Crippen LogP) is 5.77. The predicted molar refractivity (Wildman–Crippen MR) is 95.0 cm³/mol. The third-order valence-corrected chi connectivity index (χ3v) is 4.19. The Balaban J connectivity index is 1.95. The summed E-state index contributed by atoms with van der Waals surface area (Å²) in [4.78, 5) is 3.54. The fourth-order valence-corrected chi connectivity index (χ4v) is 3.13. The van der Waals surface area contributed by atoms with Crippen LogP contribution in [0.25, 0.3) is 27.2 Å². The average Bonchev–Trinajstić information content (AvgIpc) is 2.99. The molecule has 1 heteroatoms. The number of aromatic nitrogens is 1. The normalized spacial score (nSPS) is 12.1.